The van der Waals surface area contributed by atoms with E-state index in [1.807, 2.05) is 18.2 Å². The van der Waals surface area contributed by atoms with Crippen molar-refractivity contribution in [2.75, 3.05) is 7.11 Å². The van der Waals surface area contributed by atoms with Gasteiger partial charge in [0, 0.05) is 12.7 Å². The Balaban J connectivity index is 2.92. The summed E-state index contributed by atoms with van der Waals surface area (Å²) in [5, 5.41) is 0. The van der Waals surface area contributed by atoms with Crippen LogP contribution in [0.1, 0.15) is 35.4 Å². The molecule has 1 aromatic rings. The number of hydrogen-bond donors (Lipinski definition) is 0. The molecule has 0 saturated carbocycles. The van der Waals surface area contributed by atoms with E-state index in [0.717, 1.165) is 18.3 Å². The van der Waals surface area contributed by atoms with Crippen LogP contribution in [0.4, 0.5) is 0 Å². The van der Waals surface area contributed by atoms with Crippen LogP contribution in [-0.4, -0.2) is 13.4 Å². The van der Waals surface area contributed by atoms with Crippen molar-refractivity contribution < 1.29 is 9.53 Å². The molecule has 0 radical (unpaired) electrons. The molecule has 0 fully saturated rings. The second-order valence-corrected chi connectivity index (χ2v) is 2.92. The van der Waals surface area contributed by atoms with Gasteiger partial charge in [-0.25, -0.2) is 0 Å². The zero-order chi connectivity index (χ0) is 9.68. The SMILES string of the molecule is CCC(OC)c1cccc(C=O)c1. The number of hydrogen-bond acceptors (Lipinski definition) is 2. The van der Waals surface area contributed by atoms with Gasteiger partial charge < -0.3 is 4.74 Å². The van der Waals surface area contributed by atoms with Crippen LogP contribution < -0.4 is 0 Å². The van der Waals surface area contributed by atoms with E-state index in [4.69, 9.17) is 4.74 Å². The second-order valence-electron chi connectivity index (χ2n) is 2.92. The highest BCUT2D eigenvalue weighted by Crippen LogP contribution is 2.20. The van der Waals surface area contributed by atoms with E-state index >= 15 is 0 Å². The molecule has 0 aliphatic heterocycles. The molecule has 2 nitrogen and oxygen atoms in total. The standard InChI is InChI=1S/C11H14O2/c1-3-11(13-2)10-6-4-5-9(7-10)8-12/h4-8,11H,3H2,1-2H3. The van der Waals surface area contributed by atoms with Crippen molar-refractivity contribution in [2.45, 2.75) is 19.4 Å². The molecule has 70 valence electrons. The second kappa shape index (κ2) is 4.77. The Morgan fingerprint density at radius 2 is 2.31 bits per heavy atom. The molecule has 13 heavy (non-hydrogen) atoms. The number of carbonyl (C=O) groups is 1. The highest BCUT2D eigenvalue weighted by Gasteiger charge is 2.07. The normalized spacial score (nSPS) is 12.5. The number of benzene rings is 1. The average molecular weight is 178 g/mol. The molecule has 1 aromatic carbocycles. The van der Waals surface area contributed by atoms with Crippen LogP contribution in [0, 0.1) is 0 Å². The summed E-state index contributed by atoms with van der Waals surface area (Å²) in [6.07, 6.45) is 1.87. The first-order valence-corrected chi connectivity index (χ1v) is 4.39. The van der Waals surface area contributed by atoms with Crippen molar-refractivity contribution in [3.05, 3.63) is 35.4 Å². The van der Waals surface area contributed by atoms with Gasteiger partial charge in [-0.15, -0.1) is 0 Å². The Bertz CT molecular complexity index is 277. The van der Waals surface area contributed by atoms with Crippen molar-refractivity contribution >= 4 is 6.29 Å². The van der Waals surface area contributed by atoms with Gasteiger partial charge >= 0.3 is 0 Å². The molecule has 0 heterocycles. The summed E-state index contributed by atoms with van der Waals surface area (Å²) in [7, 11) is 1.68. The van der Waals surface area contributed by atoms with Gasteiger partial charge in [0.15, 0.2) is 0 Å². The summed E-state index contributed by atoms with van der Waals surface area (Å²) in [4.78, 5) is 10.5. The van der Waals surface area contributed by atoms with Crippen LogP contribution in [0.15, 0.2) is 24.3 Å². The maximum atomic E-state index is 10.5. The van der Waals surface area contributed by atoms with Crippen molar-refractivity contribution in [3.63, 3.8) is 0 Å². The lowest BCUT2D eigenvalue weighted by Crippen LogP contribution is -1.99. The van der Waals surface area contributed by atoms with Crippen LogP contribution in [0.3, 0.4) is 0 Å². The fraction of sp³-hybridized carbons (Fsp3) is 0.364. The summed E-state index contributed by atoms with van der Waals surface area (Å²) in [6, 6.07) is 7.51. The van der Waals surface area contributed by atoms with Crippen LogP contribution in [0.2, 0.25) is 0 Å². The molecule has 1 rings (SSSR count). The Labute approximate surface area is 78.5 Å². The Morgan fingerprint density at radius 3 is 2.85 bits per heavy atom. The van der Waals surface area contributed by atoms with E-state index in [0.29, 0.717) is 5.56 Å². The van der Waals surface area contributed by atoms with Gasteiger partial charge in [0.2, 0.25) is 0 Å². The van der Waals surface area contributed by atoms with Gasteiger partial charge in [-0.2, -0.15) is 0 Å². The molecule has 0 aliphatic rings. The molecule has 1 unspecified atom stereocenters. The van der Waals surface area contributed by atoms with Crippen LogP contribution in [0.5, 0.6) is 0 Å². The Kier molecular flexibility index (Phi) is 3.65. The van der Waals surface area contributed by atoms with Crippen molar-refractivity contribution in [2.24, 2.45) is 0 Å². The minimum absolute atomic E-state index is 0.0971. The van der Waals surface area contributed by atoms with Crippen LogP contribution >= 0.6 is 0 Å². The summed E-state index contributed by atoms with van der Waals surface area (Å²) in [5.41, 5.74) is 1.77. The fourth-order valence-electron chi connectivity index (χ4n) is 1.37. The molecule has 0 aromatic heterocycles. The van der Waals surface area contributed by atoms with Gasteiger partial charge in [-0.3, -0.25) is 4.79 Å². The lowest BCUT2D eigenvalue weighted by atomic mass is 10.0. The molecule has 1 atom stereocenters. The van der Waals surface area contributed by atoms with Gasteiger partial charge in [0.25, 0.3) is 0 Å². The average Bonchev–Trinajstić information content (AvgIpc) is 2.20. The number of aldehydes is 1. The predicted molar refractivity (Wildman–Crippen MR) is 51.9 cm³/mol. The zero-order valence-corrected chi connectivity index (χ0v) is 7.99. The van der Waals surface area contributed by atoms with Crippen molar-refractivity contribution in [1.29, 1.82) is 0 Å². The highest BCUT2D eigenvalue weighted by atomic mass is 16.5. The van der Waals surface area contributed by atoms with E-state index < -0.39 is 0 Å². The maximum absolute atomic E-state index is 10.5. The fourth-order valence-corrected chi connectivity index (χ4v) is 1.37. The van der Waals surface area contributed by atoms with Crippen molar-refractivity contribution in [3.8, 4) is 0 Å². The van der Waals surface area contributed by atoms with Gasteiger partial charge in [-0.05, 0) is 18.1 Å². The third kappa shape index (κ3) is 2.39. The molecule has 0 saturated heterocycles. The molecule has 0 spiro atoms. The molecule has 0 bridgehead atoms. The third-order valence-electron chi connectivity index (χ3n) is 2.07. The lowest BCUT2D eigenvalue weighted by molar-refractivity contribution is 0.0998. The van der Waals surface area contributed by atoms with Gasteiger partial charge in [0.1, 0.15) is 6.29 Å². The number of rotatable bonds is 4. The van der Waals surface area contributed by atoms with Crippen molar-refractivity contribution in [1.82, 2.24) is 0 Å². The van der Waals surface area contributed by atoms with Crippen LogP contribution in [-0.2, 0) is 4.74 Å². The molecule has 2 heteroatoms. The summed E-state index contributed by atoms with van der Waals surface area (Å²) < 4.78 is 5.27. The predicted octanol–water partition coefficient (Wildman–Crippen LogP) is 2.60. The van der Waals surface area contributed by atoms with E-state index in [1.54, 1.807) is 13.2 Å². The first-order chi connectivity index (χ1) is 6.31. The molecular formula is C11H14O2. The number of carbonyl (C=O) groups excluding carboxylic acids is 1. The summed E-state index contributed by atoms with van der Waals surface area (Å²) >= 11 is 0. The van der Waals surface area contributed by atoms with Crippen LogP contribution in [0.25, 0.3) is 0 Å². The first kappa shape index (κ1) is 9.93. The molecule has 0 amide bonds. The van der Waals surface area contributed by atoms with Gasteiger partial charge in [0.05, 0.1) is 6.10 Å². The smallest absolute Gasteiger partial charge is 0.150 e. The maximum Gasteiger partial charge on any atom is 0.150 e. The largest absolute Gasteiger partial charge is 0.377 e. The lowest BCUT2D eigenvalue weighted by Gasteiger charge is -2.13. The van der Waals surface area contributed by atoms with E-state index in [-0.39, 0.29) is 6.10 Å². The Morgan fingerprint density at radius 1 is 1.54 bits per heavy atom. The van der Waals surface area contributed by atoms with E-state index in [1.165, 1.54) is 0 Å². The zero-order valence-electron chi connectivity index (χ0n) is 7.99. The Hall–Kier alpha value is -1.15. The topological polar surface area (TPSA) is 26.3 Å². The monoisotopic (exact) mass is 178 g/mol. The minimum Gasteiger partial charge on any atom is -0.377 e. The number of methoxy groups -OCH3 is 1. The first-order valence-electron chi connectivity index (χ1n) is 4.39. The quantitative estimate of drug-likeness (QED) is 0.662. The molecular weight excluding hydrogens is 164 g/mol. The number of ether oxygens (including phenoxy) is 1. The summed E-state index contributed by atoms with van der Waals surface area (Å²) in [6.45, 7) is 2.06. The van der Waals surface area contributed by atoms with E-state index in [2.05, 4.69) is 6.92 Å². The van der Waals surface area contributed by atoms with Gasteiger partial charge in [-0.1, -0.05) is 25.1 Å². The highest BCUT2D eigenvalue weighted by molar-refractivity contribution is 5.74. The summed E-state index contributed by atoms with van der Waals surface area (Å²) in [5.74, 6) is 0. The minimum atomic E-state index is 0.0971. The third-order valence-corrected chi connectivity index (χ3v) is 2.07. The molecule has 0 aliphatic carbocycles. The van der Waals surface area contributed by atoms with E-state index in [9.17, 15) is 4.79 Å². The molecule has 0 N–H and O–H groups in total.